The number of nitrogens with zero attached hydrogens (tertiary/aromatic N) is 1. The maximum Gasteiger partial charge on any atom is 0.0746 e. The zero-order valence-corrected chi connectivity index (χ0v) is 11.5. The van der Waals surface area contributed by atoms with Crippen LogP contribution in [0.2, 0.25) is 0 Å². The maximum atomic E-state index is 10.6. The average Bonchev–Trinajstić information content (AvgIpc) is 2.81. The van der Waals surface area contributed by atoms with E-state index in [2.05, 4.69) is 32.6 Å². The van der Waals surface area contributed by atoms with Gasteiger partial charge < -0.3 is 5.11 Å². The molecule has 16 heavy (non-hydrogen) atoms. The lowest BCUT2D eigenvalue weighted by molar-refractivity contribution is -0.0432. The fourth-order valence-corrected chi connectivity index (χ4v) is 3.07. The van der Waals surface area contributed by atoms with Crippen molar-refractivity contribution in [2.45, 2.75) is 71.4 Å². The monoisotopic (exact) mass is 227 g/mol. The Balaban J connectivity index is 2.69. The number of likely N-dealkylation sites (tertiary alicyclic amines) is 1. The van der Waals surface area contributed by atoms with Gasteiger partial charge in [-0.2, -0.15) is 0 Å². The van der Waals surface area contributed by atoms with Crippen molar-refractivity contribution < 1.29 is 5.11 Å². The van der Waals surface area contributed by atoms with Crippen molar-refractivity contribution >= 4 is 0 Å². The lowest BCUT2D eigenvalue weighted by Gasteiger charge is -2.44. The second kappa shape index (κ2) is 6.02. The highest BCUT2D eigenvalue weighted by Crippen LogP contribution is 2.32. The van der Waals surface area contributed by atoms with Gasteiger partial charge in [0.15, 0.2) is 0 Å². The molecule has 0 bridgehead atoms. The molecule has 0 saturated carbocycles. The fourth-order valence-electron chi connectivity index (χ4n) is 3.07. The van der Waals surface area contributed by atoms with Gasteiger partial charge in [0.05, 0.1) is 6.10 Å². The van der Waals surface area contributed by atoms with E-state index >= 15 is 0 Å². The Kier molecular flexibility index (Phi) is 5.26. The van der Waals surface area contributed by atoms with Crippen LogP contribution in [0.1, 0.15) is 59.8 Å². The van der Waals surface area contributed by atoms with Gasteiger partial charge in [0.2, 0.25) is 0 Å². The van der Waals surface area contributed by atoms with E-state index in [1.165, 1.54) is 25.9 Å². The van der Waals surface area contributed by atoms with E-state index in [0.29, 0.717) is 5.92 Å². The van der Waals surface area contributed by atoms with Crippen LogP contribution in [0.15, 0.2) is 0 Å². The smallest absolute Gasteiger partial charge is 0.0746 e. The Bertz CT molecular complexity index is 201. The molecule has 2 heteroatoms. The van der Waals surface area contributed by atoms with E-state index in [4.69, 9.17) is 0 Å². The molecule has 0 aromatic heterocycles. The van der Waals surface area contributed by atoms with E-state index in [1.54, 1.807) is 0 Å². The fraction of sp³-hybridized carbons (Fsp3) is 1.00. The summed E-state index contributed by atoms with van der Waals surface area (Å²) in [6, 6.07) is 0. The molecule has 2 nitrogen and oxygen atoms in total. The first-order valence-corrected chi connectivity index (χ1v) is 6.99. The Morgan fingerprint density at radius 1 is 1.25 bits per heavy atom. The summed E-state index contributed by atoms with van der Waals surface area (Å²) in [5.74, 6) is 0.413. The van der Waals surface area contributed by atoms with Gasteiger partial charge >= 0.3 is 0 Å². The summed E-state index contributed by atoms with van der Waals surface area (Å²) in [7, 11) is 0. The number of aliphatic hydroxyl groups excluding tert-OH is 1. The van der Waals surface area contributed by atoms with Crippen molar-refractivity contribution in [2.24, 2.45) is 5.92 Å². The molecule has 1 saturated heterocycles. The Labute approximate surface area is 101 Å². The van der Waals surface area contributed by atoms with Gasteiger partial charge in [0, 0.05) is 5.54 Å². The third-order valence-electron chi connectivity index (χ3n) is 4.46. The molecule has 3 unspecified atom stereocenters. The zero-order valence-electron chi connectivity index (χ0n) is 11.5. The largest absolute Gasteiger partial charge is 0.391 e. The SMILES string of the molecule is CCCC(C)C(O)C(C)(CC)N1CCCC1. The summed E-state index contributed by atoms with van der Waals surface area (Å²) in [4.78, 5) is 2.50. The van der Waals surface area contributed by atoms with Crippen molar-refractivity contribution in [3.63, 3.8) is 0 Å². The van der Waals surface area contributed by atoms with Gasteiger partial charge in [-0.1, -0.05) is 27.2 Å². The normalized spacial score (nSPS) is 25.3. The molecule has 0 aromatic rings. The summed E-state index contributed by atoms with van der Waals surface area (Å²) in [5.41, 5.74) is -0.00884. The highest BCUT2D eigenvalue weighted by molar-refractivity contribution is 4.95. The number of hydrogen-bond donors (Lipinski definition) is 1. The van der Waals surface area contributed by atoms with Crippen molar-refractivity contribution in [2.75, 3.05) is 13.1 Å². The quantitative estimate of drug-likeness (QED) is 0.754. The molecule has 0 amide bonds. The summed E-state index contributed by atoms with van der Waals surface area (Å²) in [6.45, 7) is 11.2. The summed E-state index contributed by atoms with van der Waals surface area (Å²) < 4.78 is 0. The molecule has 1 fully saturated rings. The molecule has 1 aliphatic heterocycles. The van der Waals surface area contributed by atoms with Crippen LogP contribution in [0.25, 0.3) is 0 Å². The van der Waals surface area contributed by atoms with E-state index in [1.807, 2.05) is 0 Å². The molecule has 0 aliphatic carbocycles. The third kappa shape index (κ3) is 2.78. The maximum absolute atomic E-state index is 10.6. The molecule has 1 rings (SSSR count). The summed E-state index contributed by atoms with van der Waals surface area (Å²) in [6.07, 6.45) is 5.75. The highest BCUT2D eigenvalue weighted by atomic mass is 16.3. The van der Waals surface area contributed by atoms with Gasteiger partial charge in [-0.3, -0.25) is 4.90 Å². The molecule has 1 aliphatic rings. The van der Waals surface area contributed by atoms with Crippen LogP contribution in [-0.2, 0) is 0 Å². The second-order valence-corrected chi connectivity index (χ2v) is 5.62. The number of rotatable bonds is 6. The van der Waals surface area contributed by atoms with Crippen LogP contribution in [-0.4, -0.2) is 34.7 Å². The summed E-state index contributed by atoms with van der Waals surface area (Å²) >= 11 is 0. The third-order valence-corrected chi connectivity index (χ3v) is 4.46. The van der Waals surface area contributed by atoms with Crippen LogP contribution in [0.5, 0.6) is 0 Å². The van der Waals surface area contributed by atoms with E-state index in [-0.39, 0.29) is 11.6 Å². The molecule has 1 heterocycles. The van der Waals surface area contributed by atoms with E-state index in [9.17, 15) is 5.11 Å². The minimum Gasteiger partial charge on any atom is -0.391 e. The molecule has 1 N–H and O–H groups in total. The predicted octanol–water partition coefficient (Wildman–Crippen LogP) is 3.05. The molecule has 0 spiro atoms. The van der Waals surface area contributed by atoms with Gasteiger partial charge in [0.25, 0.3) is 0 Å². The van der Waals surface area contributed by atoms with Gasteiger partial charge in [-0.05, 0) is 51.6 Å². The first-order valence-electron chi connectivity index (χ1n) is 6.99. The van der Waals surface area contributed by atoms with Crippen LogP contribution in [0.3, 0.4) is 0 Å². The van der Waals surface area contributed by atoms with Crippen molar-refractivity contribution in [1.82, 2.24) is 4.90 Å². The van der Waals surface area contributed by atoms with Gasteiger partial charge in [-0.15, -0.1) is 0 Å². The van der Waals surface area contributed by atoms with Crippen LogP contribution < -0.4 is 0 Å². The number of hydrogen-bond acceptors (Lipinski definition) is 2. The summed E-state index contributed by atoms with van der Waals surface area (Å²) in [5, 5.41) is 10.6. The standard InChI is InChI=1S/C14H29NO/c1-5-9-12(3)13(16)14(4,6-2)15-10-7-8-11-15/h12-13,16H,5-11H2,1-4H3. The number of aliphatic hydroxyl groups is 1. The highest BCUT2D eigenvalue weighted by Gasteiger charge is 2.40. The van der Waals surface area contributed by atoms with Crippen molar-refractivity contribution in [3.05, 3.63) is 0 Å². The van der Waals surface area contributed by atoms with Crippen LogP contribution >= 0.6 is 0 Å². The minimum absolute atomic E-state index is 0.00884. The molecule has 0 aromatic carbocycles. The molecular weight excluding hydrogens is 198 g/mol. The minimum atomic E-state index is -0.185. The zero-order chi connectivity index (χ0) is 12.2. The van der Waals surface area contributed by atoms with Gasteiger partial charge in [-0.25, -0.2) is 0 Å². The Hall–Kier alpha value is -0.0800. The van der Waals surface area contributed by atoms with E-state index < -0.39 is 0 Å². The molecular formula is C14H29NO. The lowest BCUT2D eigenvalue weighted by Crippen LogP contribution is -2.55. The first-order chi connectivity index (χ1) is 7.56. The average molecular weight is 227 g/mol. The van der Waals surface area contributed by atoms with Crippen molar-refractivity contribution in [3.8, 4) is 0 Å². The van der Waals surface area contributed by atoms with Crippen LogP contribution in [0.4, 0.5) is 0 Å². The van der Waals surface area contributed by atoms with Crippen LogP contribution in [0, 0.1) is 5.92 Å². The molecule has 3 atom stereocenters. The molecule has 96 valence electrons. The topological polar surface area (TPSA) is 23.5 Å². The van der Waals surface area contributed by atoms with Crippen molar-refractivity contribution in [1.29, 1.82) is 0 Å². The lowest BCUT2D eigenvalue weighted by atomic mass is 9.81. The Morgan fingerprint density at radius 3 is 2.25 bits per heavy atom. The van der Waals surface area contributed by atoms with E-state index in [0.717, 1.165) is 19.3 Å². The molecule has 0 radical (unpaired) electrons. The second-order valence-electron chi connectivity index (χ2n) is 5.62. The Morgan fingerprint density at radius 2 is 1.81 bits per heavy atom. The first kappa shape index (κ1) is 14.0. The predicted molar refractivity (Wildman–Crippen MR) is 69.6 cm³/mol. The van der Waals surface area contributed by atoms with Gasteiger partial charge in [0.1, 0.15) is 0 Å².